The average molecular weight is 437 g/mol. The Morgan fingerprint density at radius 1 is 1.29 bits per heavy atom. The number of hydrogen-bond acceptors (Lipinski definition) is 4. The summed E-state index contributed by atoms with van der Waals surface area (Å²) >= 11 is 2.26. The van der Waals surface area contributed by atoms with Crippen LogP contribution in [0.5, 0.6) is 5.75 Å². The molecular weight excluding hydrogens is 417 g/mol. The molecule has 1 amide bonds. The van der Waals surface area contributed by atoms with Crippen molar-refractivity contribution in [2.24, 2.45) is 5.10 Å². The summed E-state index contributed by atoms with van der Waals surface area (Å²) in [6, 6.07) is 13.1. The number of carbonyl (C=O) groups excluding carboxylic acids is 1. The van der Waals surface area contributed by atoms with Gasteiger partial charge in [0.05, 0.1) is 13.3 Å². The number of nitrogens with zero attached hydrogens (tertiary/aromatic N) is 1. The van der Waals surface area contributed by atoms with Crippen LogP contribution in [0.2, 0.25) is 0 Å². The zero-order valence-corrected chi connectivity index (χ0v) is 16.0. The zero-order chi connectivity index (χ0) is 17.5. The van der Waals surface area contributed by atoms with E-state index in [2.05, 4.69) is 44.5 Å². The topological polar surface area (TPSA) is 62.7 Å². The zero-order valence-electron chi connectivity index (χ0n) is 13.8. The lowest BCUT2D eigenvalue weighted by molar-refractivity contribution is -0.121. The third kappa shape index (κ3) is 4.95. The Morgan fingerprint density at radius 2 is 2.04 bits per heavy atom. The number of aryl methyl sites for hydroxylation is 1. The molecule has 0 bridgehead atoms. The molecule has 5 nitrogen and oxygen atoms in total. The van der Waals surface area contributed by atoms with E-state index in [4.69, 9.17) is 4.74 Å². The second-order valence-electron chi connectivity index (χ2n) is 5.30. The lowest BCUT2D eigenvalue weighted by atomic mass is 10.2. The smallest absolute Gasteiger partial charge is 0.262 e. The molecular formula is C18H20IN3O2. The molecule has 2 rings (SSSR count). The quantitative estimate of drug-likeness (QED) is 0.413. The van der Waals surface area contributed by atoms with Crippen molar-refractivity contribution in [3.8, 4) is 5.75 Å². The highest BCUT2D eigenvalue weighted by Crippen LogP contribution is 2.18. The maximum Gasteiger partial charge on any atom is 0.262 e. The molecule has 0 spiro atoms. The van der Waals surface area contributed by atoms with Gasteiger partial charge in [-0.1, -0.05) is 12.1 Å². The van der Waals surface area contributed by atoms with Gasteiger partial charge in [-0.05, 0) is 72.3 Å². The van der Waals surface area contributed by atoms with Crippen molar-refractivity contribution in [2.45, 2.75) is 19.9 Å². The molecule has 126 valence electrons. The SMILES string of the molecule is COc1ccccc1/C=N/NC(=O)C(C)Nc1ccc(I)cc1C. The lowest BCUT2D eigenvalue weighted by Gasteiger charge is -2.15. The molecule has 2 N–H and O–H groups in total. The molecule has 0 saturated carbocycles. The number of rotatable bonds is 6. The summed E-state index contributed by atoms with van der Waals surface area (Å²) < 4.78 is 6.40. The van der Waals surface area contributed by atoms with Crippen LogP contribution >= 0.6 is 22.6 Å². The van der Waals surface area contributed by atoms with Gasteiger partial charge in [-0.2, -0.15) is 5.10 Å². The fourth-order valence-electron chi connectivity index (χ4n) is 2.12. The Labute approximate surface area is 155 Å². The van der Waals surface area contributed by atoms with Crippen LogP contribution in [0.1, 0.15) is 18.1 Å². The van der Waals surface area contributed by atoms with E-state index in [1.807, 2.05) is 43.3 Å². The number of hydrazone groups is 1. The van der Waals surface area contributed by atoms with Gasteiger partial charge in [-0.25, -0.2) is 5.43 Å². The van der Waals surface area contributed by atoms with E-state index < -0.39 is 6.04 Å². The number of nitrogens with one attached hydrogen (secondary N) is 2. The Morgan fingerprint density at radius 3 is 2.75 bits per heavy atom. The number of carbonyl (C=O) groups is 1. The van der Waals surface area contributed by atoms with Crippen LogP contribution in [0.15, 0.2) is 47.6 Å². The van der Waals surface area contributed by atoms with Crippen molar-refractivity contribution in [1.29, 1.82) is 0 Å². The van der Waals surface area contributed by atoms with Gasteiger partial charge in [0.15, 0.2) is 0 Å². The molecule has 0 fully saturated rings. The van der Waals surface area contributed by atoms with Gasteiger partial charge >= 0.3 is 0 Å². The Kier molecular flexibility index (Phi) is 6.60. The highest BCUT2D eigenvalue weighted by molar-refractivity contribution is 14.1. The molecule has 0 saturated heterocycles. The van der Waals surface area contributed by atoms with Crippen LogP contribution in [-0.4, -0.2) is 25.3 Å². The van der Waals surface area contributed by atoms with E-state index in [0.717, 1.165) is 20.4 Å². The molecule has 0 aliphatic rings. The highest BCUT2D eigenvalue weighted by Gasteiger charge is 2.12. The Hall–Kier alpha value is -2.09. The number of ether oxygens (including phenoxy) is 1. The minimum Gasteiger partial charge on any atom is -0.496 e. The minimum atomic E-state index is -0.404. The number of halogens is 1. The van der Waals surface area contributed by atoms with Crippen molar-refractivity contribution in [3.05, 3.63) is 57.2 Å². The van der Waals surface area contributed by atoms with Gasteiger partial charge in [0.25, 0.3) is 5.91 Å². The fourth-order valence-corrected chi connectivity index (χ4v) is 2.77. The predicted octanol–water partition coefficient (Wildman–Crippen LogP) is 3.56. The molecule has 2 aromatic carbocycles. The fraction of sp³-hybridized carbons (Fsp3) is 0.222. The number of para-hydroxylation sites is 1. The number of amides is 1. The summed E-state index contributed by atoms with van der Waals surface area (Å²) in [5.41, 5.74) is 5.38. The summed E-state index contributed by atoms with van der Waals surface area (Å²) in [5.74, 6) is 0.496. The monoisotopic (exact) mass is 437 g/mol. The van der Waals surface area contributed by atoms with Crippen molar-refractivity contribution in [2.75, 3.05) is 12.4 Å². The normalized spacial score (nSPS) is 12.0. The van der Waals surface area contributed by atoms with E-state index >= 15 is 0 Å². The first-order valence-corrected chi connectivity index (χ1v) is 8.57. The van der Waals surface area contributed by atoms with E-state index in [9.17, 15) is 4.79 Å². The number of hydrogen-bond donors (Lipinski definition) is 2. The van der Waals surface area contributed by atoms with Crippen molar-refractivity contribution in [3.63, 3.8) is 0 Å². The van der Waals surface area contributed by atoms with Crippen LogP contribution < -0.4 is 15.5 Å². The predicted molar refractivity (Wildman–Crippen MR) is 106 cm³/mol. The highest BCUT2D eigenvalue weighted by atomic mass is 127. The summed E-state index contributed by atoms with van der Waals surface area (Å²) in [6.45, 7) is 3.81. The molecule has 6 heteroatoms. The summed E-state index contributed by atoms with van der Waals surface area (Å²) in [7, 11) is 1.60. The first-order valence-electron chi connectivity index (χ1n) is 7.50. The Balaban J connectivity index is 1.95. The molecule has 0 radical (unpaired) electrons. The third-order valence-corrected chi connectivity index (χ3v) is 4.14. The van der Waals surface area contributed by atoms with Gasteiger partial charge in [-0.3, -0.25) is 4.79 Å². The number of benzene rings is 2. The molecule has 0 aliphatic heterocycles. The van der Waals surface area contributed by atoms with Gasteiger partial charge in [-0.15, -0.1) is 0 Å². The summed E-state index contributed by atoms with van der Waals surface area (Å²) in [6.07, 6.45) is 1.57. The van der Waals surface area contributed by atoms with E-state index in [0.29, 0.717) is 5.75 Å². The maximum absolute atomic E-state index is 12.2. The van der Waals surface area contributed by atoms with E-state index in [-0.39, 0.29) is 5.91 Å². The number of methoxy groups -OCH3 is 1. The molecule has 0 aromatic heterocycles. The van der Waals surface area contributed by atoms with E-state index in [1.54, 1.807) is 20.2 Å². The van der Waals surface area contributed by atoms with Crippen LogP contribution in [0.25, 0.3) is 0 Å². The van der Waals surface area contributed by atoms with E-state index in [1.165, 1.54) is 0 Å². The molecule has 1 unspecified atom stereocenters. The van der Waals surface area contributed by atoms with Crippen molar-refractivity contribution < 1.29 is 9.53 Å². The first-order chi connectivity index (χ1) is 11.5. The molecule has 24 heavy (non-hydrogen) atoms. The van der Waals surface area contributed by atoms with Crippen LogP contribution in [0.3, 0.4) is 0 Å². The van der Waals surface area contributed by atoms with Gasteiger partial charge in [0.2, 0.25) is 0 Å². The molecule has 1 atom stereocenters. The summed E-state index contributed by atoms with van der Waals surface area (Å²) in [5, 5.41) is 7.20. The van der Waals surface area contributed by atoms with Gasteiger partial charge in [0.1, 0.15) is 11.8 Å². The second-order valence-corrected chi connectivity index (χ2v) is 6.55. The summed E-state index contributed by atoms with van der Waals surface area (Å²) in [4.78, 5) is 12.2. The third-order valence-electron chi connectivity index (χ3n) is 3.47. The largest absolute Gasteiger partial charge is 0.496 e. The first kappa shape index (κ1) is 18.3. The van der Waals surface area contributed by atoms with Crippen molar-refractivity contribution in [1.82, 2.24) is 5.43 Å². The maximum atomic E-state index is 12.2. The van der Waals surface area contributed by atoms with Crippen LogP contribution in [0.4, 0.5) is 5.69 Å². The standard InChI is InChI=1S/C18H20IN3O2/c1-12-10-15(19)8-9-16(12)21-13(2)18(23)22-20-11-14-6-4-5-7-17(14)24-3/h4-11,13,21H,1-3H3,(H,22,23)/b20-11+. The van der Waals surface area contributed by atoms with Crippen LogP contribution in [-0.2, 0) is 4.79 Å². The molecule has 2 aromatic rings. The van der Waals surface area contributed by atoms with Crippen LogP contribution in [0, 0.1) is 10.5 Å². The lowest BCUT2D eigenvalue weighted by Crippen LogP contribution is -2.35. The van der Waals surface area contributed by atoms with Gasteiger partial charge < -0.3 is 10.1 Å². The molecule has 0 heterocycles. The molecule has 0 aliphatic carbocycles. The minimum absolute atomic E-state index is 0.209. The van der Waals surface area contributed by atoms with Gasteiger partial charge in [0, 0.05) is 14.8 Å². The Bertz CT molecular complexity index is 747. The number of anilines is 1. The average Bonchev–Trinajstić information content (AvgIpc) is 2.57. The second kappa shape index (κ2) is 8.68. The van der Waals surface area contributed by atoms with Crippen molar-refractivity contribution >= 4 is 40.4 Å².